The van der Waals surface area contributed by atoms with Crippen LogP contribution in [0.1, 0.15) is 0 Å². The van der Waals surface area contributed by atoms with Gasteiger partial charge in [-0.05, 0) is 18.7 Å². The molecular weight excluding hydrogens is 185 g/mol. The summed E-state index contributed by atoms with van der Waals surface area (Å²) in [5.41, 5.74) is 0. The average molecular weight is 192 g/mol. The van der Waals surface area contributed by atoms with Gasteiger partial charge in [0, 0.05) is 6.20 Å². The topological polar surface area (TPSA) is 12.9 Å². The molecular formula is C6H7Cl2NSi. The molecule has 0 aliphatic heterocycles. The zero-order valence-corrected chi connectivity index (χ0v) is 8.02. The van der Waals surface area contributed by atoms with Crippen molar-refractivity contribution in [1.82, 2.24) is 4.98 Å². The van der Waals surface area contributed by atoms with Crippen molar-refractivity contribution in [2.75, 3.05) is 0 Å². The number of rotatable bonds is 1. The number of hydrogen-bond donors (Lipinski definition) is 0. The van der Waals surface area contributed by atoms with Gasteiger partial charge in [-0.3, -0.25) is 4.98 Å². The Labute approximate surface area is 70.4 Å². The molecule has 0 unspecified atom stereocenters. The predicted octanol–water partition coefficient (Wildman–Crippen LogP) is 1.84. The van der Waals surface area contributed by atoms with Gasteiger partial charge in [-0.2, -0.15) is 0 Å². The molecule has 0 aromatic carbocycles. The van der Waals surface area contributed by atoms with Crippen LogP contribution < -0.4 is 5.32 Å². The van der Waals surface area contributed by atoms with Crippen molar-refractivity contribution in [3.8, 4) is 0 Å². The molecule has 0 fully saturated rings. The van der Waals surface area contributed by atoms with E-state index >= 15 is 0 Å². The van der Waals surface area contributed by atoms with Crippen molar-refractivity contribution < 1.29 is 0 Å². The predicted molar refractivity (Wildman–Crippen MR) is 47.2 cm³/mol. The Morgan fingerprint density at radius 2 is 2.10 bits per heavy atom. The maximum atomic E-state index is 5.90. The Morgan fingerprint density at radius 1 is 1.40 bits per heavy atom. The molecule has 4 heteroatoms. The molecule has 1 aromatic heterocycles. The van der Waals surface area contributed by atoms with E-state index in [1.54, 1.807) is 6.20 Å². The molecule has 1 nitrogen and oxygen atoms in total. The molecule has 1 rings (SSSR count). The maximum absolute atomic E-state index is 5.90. The fourth-order valence-electron chi connectivity index (χ4n) is 0.622. The summed E-state index contributed by atoms with van der Waals surface area (Å²) in [5, 5.41) is 0.818. The van der Waals surface area contributed by atoms with Crippen LogP contribution in [-0.2, 0) is 0 Å². The van der Waals surface area contributed by atoms with Gasteiger partial charge in [-0.15, -0.1) is 22.2 Å². The molecule has 0 N–H and O–H groups in total. The van der Waals surface area contributed by atoms with Crippen LogP contribution in [0.2, 0.25) is 6.55 Å². The first-order valence-corrected chi connectivity index (χ1v) is 7.42. The van der Waals surface area contributed by atoms with E-state index in [0.29, 0.717) is 0 Å². The van der Waals surface area contributed by atoms with Gasteiger partial charge in [-0.25, -0.2) is 0 Å². The molecule has 0 aliphatic rings. The summed E-state index contributed by atoms with van der Waals surface area (Å²) in [7, 11) is 0. The molecule has 0 aliphatic carbocycles. The molecule has 0 amide bonds. The first-order chi connectivity index (χ1) is 4.61. The van der Waals surface area contributed by atoms with Crippen LogP contribution in [0.25, 0.3) is 0 Å². The van der Waals surface area contributed by atoms with Crippen LogP contribution in [0.15, 0.2) is 24.4 Å². The Hall–Kier alpha value is -0.0531. The van der Waals surface area contributed by atoms with E-state index < -0.39 is 6.69 Å². The molecule has 1 aromatic rings. The molecule has 0 bridgehead atoms. The van der Waals surface area contributed by atoms with Gasteiger partial charge in [0.05, 0.1) is 5.32 Å². The van der Waals surface area contributed by atoms with Crippen LogP contribution in [0.5, 0.6) is 0 Å². The molecule has 0 radical (unpaired) electrons. The van der Waals surface area contributed by atoms with E-state index in [1.807, 2.05) is 24.7 Å². The van der Waals surface area contributed by atoms with Gasteiger partial charge >= 0.3 is 0 Å². The first kappa shape index (κ1) is 8.05. The Bertz CT molecular complexity index is 207. The maximum Gasteiger partial charge on any atom is 0.295 e. The lowest BCUT2D eigenvalue weighted by Gasteiger charge is -2.07. The smallest absolute Gasteiger partial charge is 0.263 e. The normalized spacial score (nSPS) is 11.5. The van der Waals surface area contributed by atoms with Crippen molar-refractivity contribution >= 4 is 34.2 Å². The van der Waals surface area contributed by atoms with Gasteiger partial charge < -0.3 is 0 Å². The number of aromatic nitrogens is 1. The lowest BCUT2D eigenvalue weighted by atomic mass is 10.5. The molecule has 0 saturated carbocycles. The minimum atomic E-state index is -2.20. The van der Waals surface area contributed by atoms with Crippen molar-refractivity contribution in [2.24, 2.45) is 0 Å². The first-order valence-electron chi connectivity index (χ1n) is 2.90. The number of hydrogen-bond acceptors (Lipinski definition) is 1. The summed E-state index contributed by atoms with van der Waals surface area (Å²) in [6.45, 7) is -0.368. The van der Waals surface area contributed by atoms with Gasteiger partial charge in [0.2, 0.25) is 0 Å². The largest absolute Gasteiger partial charge is 0.295 e. The van der Waals surface area contributed by atoms with E-state index in [2.05, 4.69) is 4.98 Å². The van der Waals surface area contributed by atoms with Gasteiger partial charge in [0.1, 0.15) is 0 Å². The molecule has 0 saturated heterocycles. The zero-order valence-electron chi connectivity index (χ0n) is 5.51. The lowest BCUT2D eigenvalue weighted by Crippen LogP contribution is -2.34. The third-order valence-electron chi connectivity index (χ3n) is 1.11. The van der Waals surface area contributed by atoms with Crippen molar-refractivity contribution in [1.29, 1.82) is 0 Å². The van der Waals surface area contributed by atoms with Gasteiger partial charge in [0.25, 0.3) is 6.69 Å². The minimum Gasteiger partial charge on any atom is -0.263 e. The Balaban J connectivity index is 2.97. The third-order valence-corrected chi connectivity index (χ3v) is 3.47. The highest BCUT2D eigenvalue weighted by Gasteiger charge is 2.24. The zero-order chi connectivity index (χ0) is 7.61. The van der Waals surface area contributed by atoms with Crippen LogP contribution in [0, 0.1) is 0 Å². The second-order valence-corrected chi connectivity index (χ2v) is 9.51. The molecule has 0 atom stereocenters. The van der Waals surface area contributed by atoms with Crippen molar-refractivity contribution in [3.63, 3.8) is 0 Å². The number of nitrogens with zero attached hydrogens (tertiary/aromatic N) is 1. The summed E-state index contributed by atoms with van der Waals surface area (Å²) >= 11 is 11.8. The lowest BCUT2D eigenvalue weighted by molar-refractivity contribution is 1.38. The monoisotopic (exact) mass is 191 g/mol. The molecule has 54 valence electrons. The molecule has 0 spiro atoms. The van der Waals surface area contributed by atoms with E-state index in [0.717, 1.165) is 5.32 Å². The third kappa shape index (κ3) is 1.97. The standard InChI is InChI=1S/C6H7Cl2NSi/c1-10(7,8)6-4-2-3-5-9-6/h2-5H,1H3. The molecule has 1 heterocycles. The SMILES string of the molecule is C[Si](Cl)(Cl)c1ccccn1. The summed E-state index contributed by atoms with van der Waals surface area (Å²) < 4.78 is 0. The highest BCUT2D eigenvalue weighted by molar-refractivity contribution is 7.50. The Morgan fingerprint density at radius 3 is 2.40 bits per heavy atom. The Kier molecular flexibility index (Phi) is 2.34. The average Bonchev–Trinajstić information content (AvgIpc) is 1.88. The quantitative estimate of drug-likeness (QED) is 0.488. The second-order valence-electron chi connectivity index (χ2n) is 2.10. The summed E-state index contributed by atoms with van der Waals surface area (Å²) in [6.07, 6.45) is 1.70. The van der Waals surface area contributed by atoms with Crippen molar-refractivity contribution in [2.45, 2.75) is 6.55 Å². The van der Waals surface area contributed by atoms with E-state index in [-0.39, 0.29) is 0 Å². The van der Waals surface area contributed by atoms with Crippen molar-refractivity contribution in [3.05, 3.63) is 24.4 Å². The van der Waals surface area contributed by atoms with E-state index in [4.69, 9.17) is 22.2 Å². The number of pyridine rings is 1. The van der Waals surface area contributed by atoms with Crippen LogP contribution in [0.3, 0.4) is 0 Å². The molecule has 10 heavy (non-hydrogen) atoms. The van der Waals surface area contributed by atoms with Crippen LogP contribution in [0.4, 0.5) is 0 Å². The summed E-state index contributed by atoms with van der Waals surface area (Å²) in [5.74, 6) is 0. The van der Waals surface area contributed by atoms with Crippen LogP contribution in [-0.4, -0.2) is 11.7 Å². The second kappa shape index (κ2) is 2.90. The fourth-order valence-corrected chi connectivity index (χ4v) is 1.98. The van der Waals surface area contributed by atoms with E-state index in [1.165, 1.54) is 0 Å². The summed E-state index contributed by atoms with van der Waals surface area (Å²) in [6, 6.07) is 5.59. The van der Waals surface area contributed by atoms with Gasteiger partial charge in [0.15, 0.2) is 0 Å². The van der Waals surface area contributed by atoms with Gasteiger partial charge in [-0.1, -0.05) is 6.07 Å². The van der Waals surface area contributed by atoms with E-state index in [9.17, 15) is 0 Å². The minimum absolute atomic E-state index is 0.818. The summed E-state index contributed by atoms with van der Waals surface area (Å²) in [4.78, 5) is 4.05. The fraction of sp³-hybridized carbons (Fsp3) is 0.167. The number of halogens is 2. The van der Waals surface area contributed by atoms with Crippen LogP contribution >= 0.6 is 22.2 Å². The highest BCUT2D eigenvalue weighted by atomic mass is 35.7. The highest BCUT2D eigenvalue weighted by Crippen LogP contribution is 2.11.